The number of halogens is 2. The molecule has 0 amide bonds. The summed E-state index contributed by atoms with van der Waals surface area (Å²) in [5, 5.41) is 0. The van der Waals surface area contributed by atoms with Crippen molar-refractivity contribution < 1.29 is 8.78 Å². The van der Waals surface area contributed by atoms with Gasteiger partial charge in [-0.2, -0.15) is 0 Å². The van der Waals surface area contributed by atoms with Crippen LogP contribution in [0, 0.1) is 0 Å². The first-order chi connectivity index (χ1) is 9.43. The third-order valence-electron chi connectivity index (χ3n) is 4.75. The lowest BCUT2D eigenvalue weighted by molar-refractivity contribution is -0.170. The van der Waals surface area contributed by atoms with E-state index in [9.17, 15) is 8.78 Å². The normalized spacial score (nSPS) is 21.4. The fourth-order valence-electron chi connectivity index (χ4n) is 3.20. The number of hydrogen-bond donors (Lipinski definition) is 0. The van der Waals surface area contributed by atoms with Crippen molar-refractivity contribution in [1.29, 1.82) is 0 Å². The average Bonchev–Trinajstić information content (AvgIpc) is 2.36. The van der Waals surface area contributed by atoms with Crippen molar-refractivity contribution in [2.75, 3.05) is 13.1 Å². The first-order valence-corrected chi connectivity index (χ1v) is 8.56. The van der Waals surface area contributed by atoms with Crippen LogP contribution in [-0.4, -0.2) is 29.5 Å². The summed E-state index contributed by atoms with van der Waals surface area (Å²) in [7, 11) is 0. The Morgan fingerprint density at radius 2 is 1.30 bits per heavy atom. The maximum Gasteiger partial charge on any atom is 0.272 e. The first kappa shape index (κ1) is 17.9. The number of likely N-dealkylation sites (tertiary alicyclic amines) is 1. The highest BCUT2D eigenvalue weighted by Crippen LogP contribution is 2.38. The Labute approximate surface area is 124 Å². The Kier molecular flexibility index (Phi) is 7.42. The molecule has 0 aromatic heterocycles. The van der Waals surface area contributed by atoms with Crippen LogP contribution in [0.25, 0.3) is 0 Å². The van der Waals surface area contributed by atoms with Gasteiger partial charge < -0.3 is 0 Å². The molecule has 1 nitrogen and oxygen atoms in total. The van der Waals surface area contributed by atoms with Crippen LogP contribution >= 0.6 is 0 Å². The molecule has 0 aliphatic carbocycles. The molecule has 1 heterocycles. The second-order valence-corrected chi connectivity index (χ2v) is 6.83. The zero-order valence-corrected chi connectivity index (χ0v) is 13.7. The van der Waals surface area contributed by atoms with Gasteiger partial charge in [-0.25, -0.2) is 8.78 Å². The topological polar surface area (TPSA) is 3.24 Å². The number of alkyl halides is 2. The molecule has 120 valence electrons. The first-order valence-electron chi connectivity index (χ1n) is 8.56. The average molecular weight is 289 g/mol. The molecule has 1 aliphatic heterocycles. The summed E-state index contributed by atoms with van der Waals surface area (Å²) >= 11 is 0. The molecule has 1 rings (SSSR count). The summed E-state index contributed by atoms with van der Waals surface area (Å²) in [6.45, 7) is 6.57. The lowest BCUT2D eigenvalue weighted by Crippen LogP contribution is -2.64. The molecule has 0 aromatic rings. The van der Waals surface area contributed by atoms with Gasteiger partial charge in [-0.3, -0.25) is 4.90 Å². The van der Waals surface area contributed by atoms with Crippen molar-refractivity contribution in [1.82, 2.24) is 4.90 Å². The van der Waals surface area contributed by atoms with E-state index in [2.05, 4.69) is 20.8 Å². The number of unbranched alkanes of at least 4 members (excludes halogenated alkanes) is 6. The minimum atomic E-state index is -2.44. The van der Waals surface area contributed by atoms with Crippen LogP contribution in [0.5, 0.6) is 0 Å². The number of hydrogen-bond acceptors (Lipinski definition) is 1. The minimum absolute atomic E-state index is 0.00304. The lowest BCUT2D eigenvalue weighted by Gasteiger charge is -2.51. The van der Waals surface area contributed by atoms with E-state index >= 15 is 0 Å². The standard InChI is InChI=1S/C17H33F2N/c1-4-6-8-9-11-13-16(3,12-10-7-5-2)20-14-17(18,19)15-20/h4-15H2,1-3H3. The van der Waals surface area contributed by atoms with Gasteiger partial charge in [0.2, 0.25) is 0 Å². The van der Waals surface area contributed by atoms with E-state index in [1.807, 2.05) is 4.90 Å². The Balaban J connectivity index is 2.38. The van der Waals surface area contributed by atoms with Crippen molar-refractivity contribution in [3.8, 4) is 0 Å². The van der Waals surface area contributed by atoms with E-state index in [1.54, 1.807) is 0 Å². The molecule has 1 aliphatic rings. The second-order valence-electron chi connectivity index (χ2n) is 6.83. The van der Waals surface area contributed by atoms with Crippen LogP contribution in [0.1, 0.15) is 85.0 Å². The molecule has 1 fully saturated rings. The van der Waals surface area contributed by atoms with E-state index in [0.29, 0.717) is 0 Å². The Morgan fingerprint density at radius 1 is 0.850 bits per heavy atom. The Bertz CT molecular complexity index is 260. The van der Waals surface area contributed by atoms with Gasteiger partial charge in [-0.05, 0) is 19.8 Å². The monoisotopic (exact) mass is 289 g/mol. The summed E-state index contributed by atoms with van der Waals surface area (Å²) < 4.78 is 26.3. The molecule has 0 aromatic carbocycles. The largest absolute Gasteiger partial charge is 0.286 e. The summed E-state index contributed by atoms with van der Waals surface area (Å²) in [5.41, 5.74) is 0.00304. The fourth-order valence-corrected chi connectivity index (χ4v) is 3.20. The maximum absolute atomic E-state index is 13.2. The van der Waals surface area contributed by atoms with E-state index in [-0.39, 0.29) is 18.6 Å². The molecule has 0 N–H and O–H groups in total. The SMILES string of the molecule is CCCCCCCC(C)(CCCCC)N1CC(F)(F)C1. The summed E-state index contributed by atoms with van der Waals surface area (Å²) in [4.78, 5) is 2.03. The molecular formula is C17H33F2N. The molecule has 0 saturated carbocycles. The molecule has 1 unspecified atom stereocenters. The lowest BCUT2D eigenvalue weighted by atomic mass is 9.83. The van der Waals surface area contributed by atoms with Crippen LogP contribution in [0.3, 0.4) is 0 Å². The maximum atomic E-state index is 13.2. The molecule has 3 heteroatoms. The van der Waals surface area contributed by atoms with E-state index in [0.717, 1.165) is 12.8 Å². The van der Waals surface area contributed by atoms with Gasteiger partial charge in [-0.15, -0.1) is 0 Å². The second kappa shape index (κ2) is 8.31. The van der Waals surface area contributed by atoms with Gasteiger partial charge in [-0.1, -0.05) is 65.2 Å². The highest BCUT2D eigenvalue weighted by molar-refractivity contribution is 4.98. The van der Waals surface area contributed by atoms with E-state index in [1.165, 1.54) is 51.4 Å². The molecule has 20 heavy (non-hydrogen) atoms. The molecular weight excluding hydrogens is 256 g/mol. The van der Waals surface area contributed by atoms with Crippen LogP contribution < -0.4 is 0 Å². The third-order valence-corrected chi connectivity index (χ3v) is 4.75. The molecule has 1 atom stereocenters. The van der Waals surface area contributed by atoms with Crippen molar-refractivity contribution in [3.63, 3.8) is 0 Å². The predicted octanol–water partition coefficient (Wildman–Crippen LogP) is 5.64. The van der Waals surface area contributed by atoms with E-state index < -0.39 is 5.92 Å². The van der Waals surface area contributed by atoms with Crippen molar-refractivity contribution in [2.24, 2.45) is 0 Å². The highest BCUT2D eigenvalue weighted by Gasteiger charge is 2.50. The van der Waals surface area contributed by atoms with E-state index in [4.69, 9.17) is 0 Å². The minimum Gasteiger partial charge on any atom is -0.286 e. The quantitative estimate of drug-likeness (QED) is 0.445. The van der Waals surface area contributed by atoms with Gasteiger partial charge >= 0.3 is 0 Å². The van der Waals surface area contributed by atoms with Crippen LogP contribution in [0.15, 0.2) is 0 Å². The molecule has 0 bridgehead atoms. The van der Waals surface area contributed by atoms with Gasteiger partial charge in [0.05, 0.1) is 13.1 Å². The number of rotatable bonds is 11. The van der Waals surface area contributed by atoms with Crippen molar-refractivity contribution in [2.45, 2.75) is 96.4 Å². The fraction of sp³-hybridized carbons (Fsp3) is 1.00. The summed E-state index contributed by atoms with van der Waals surface area (Å²) in [6.07, 6.45) is 12.0. The third kappa shape index (κ3) is 5.67. The summed E-state index contributed by atoms with van der Waals surface area (Å²) in [5.74, 6) is -2.44. The van der Waals surface area contributed by atoms with Crippen LogP contribution in [0.2, 0.25) is 0 Å². The van der Waals surface area contributed by atoms with Crippen LogP contribution in [-0.2, 0) is 0 Å². The van der Waals surface area contributed by atoms with Crippen molar-refractivity contribution in [3.05, 3.63) is 0 Å². The molecule has 0 spiro atoms. The van der Waals surface area contributed by atoms with Gasteiger partial charge in [0, 0.05) is 5.54 Å². The Hall–Kier alpha value is -0.180. The van der Waals surface area contributed by atoms with Gasteiger partial charge in [0.1, 0.15) is 0 Å². The van der Waals surface area contributed by atoms with Crippen LogP contribution in [0.4, 0.5) is 8.78 Å². The van der Waals surface area contributed by atoms with Gasteiger partial charge in [0.25, 0.3) is 5.92 Å². The summed E-state index contributed by atoms with van der Waals surface area (Å²) in [6, 6.07) is 0. The van der Waals surface area contributed by atoms with Crippen molar-refractivity contribution >= 4 is 0 Å². The molecule has 1 saturated heterocycles. The highest BCUT2D eigenvalue weighted by atomic mass is 19.3. The predicted molar refractivity (Wildman–Crippen MR) is 82.4 cm³/mol. The molecule has 0 radical (unpaired) electrons. The zero-order valence-electron chi connectivity index (χ0n) is 13.7. The van der Waals surface area contributed by atoms with Gasteiger partial charge in [0.15, 0.2) is 0 Å². The smallest absolute Gasteiger partial charge is 0.272 e. The number of nitrogens with zero attached hydrogens (tertiary/aromatic N) is 1. The zero-order chi connectivity index (χ0) is 15.1. The Morgan fingerprint density at radius 3 is 1.80 bits per heavy atom.